The minimum atomic E-state index is 0. The number of guanidine groups is 1. The van der Waals surface area contributed by atoms with E-state index < -0.39 is 0 Å². The highest BCUT2D eigenvalue weighted by Gasteiger charge is 2.33. The number of benzene rings is 1. The van der Waals surface area contributed by atoms with Crippen molar-refractivity contribution in [1.29, 1.82) is 0 Å². The first kappa shape index (κ1) is 23.0. The number of aliphatic imine (C=N–C) groups is 1. The Morgan fingerprint density at radius 1 is 1.23 bits per heavy atom. The first-order chi connectivity index (χ1) is 14.1. The number of hydrogen-bond donors (Lipinski definition) is 1. The van der Waals surface area contributed by atoms with Crippen molar-refractivity contribution in [2.45, 2.75) is 39.3 Å². The van der Waals surface area contributed by atoms with Crippen molar-refractivity contribution in [3.8, 4) is 0 Å². The largest absolute Gasteiger partial charge is 0.381 e. The molecule has 4 rings (SSSR count). The van der Waals surface area contributed by atoms with Gasteiger partial charge in [-0.1, -0.05) is 30.3 Å². The van der Waals surface area contributed by atoms with Gasteiger partial charge in [-0.3, -0.25) is 0 Å². The number of aryl methyl sites for hydroxylation is 1. The lowest BCUT2D eigenvalue weighted by molar-refractivity contribution is 0.173. The molecule has 3 heterocycles. The zero-order valence-corrected chi connectivity index (χ0v) is 20.5. The van der Waals surface area contributed by atoms with Gasteiger partial charge >= 0.3 is 0 Å². The summed E-state index contributed by atoms with van der Waals surface area (Å²) in [5.74, 6) is 4.13. The Bertz CT molecular complexity index is 833. The fourth-order valence-electron chi connectivity index (χ4n) is 4.28. The second kappa shape index (κ2) is 10.6. The molecule has 0 aliphatic carbocycles. The van der Waals surface area contributed by atoms with E-state index in [1.165, 1.54) is 18.4 Å². The number of hydrogen-bond acceptors (Lipinski definition) is 4. The lowest BCUT2D eigenvalue weighted by atomic mass is 9.91. The molecule has 2 aliphatic rings. The minimum Gasteiger partial charge on any atom is -0.381 e. The van der Waals surface area contributed by atoms with Crippen LogP contribution >= 0.6 is 24.0 Å². The average Bonchev–Trinajstić information content (AvgIpc) is 3.49. The number of rotatable bonds is 5. The highest BCUT2D eigenvalue weighted by Crippen LogP contribution is 2.30. The molecule has 2 aliphatic heterocycles. The van der Waals surface area contributed by atoms with Crippen LogP contribution in [0.25, 0.3) is 0 Å². The van der Waals surface area contributed by atoms with Gasteiger partial charge in [0.25, 0.3) is 0 Å². The van der Waals surface area contributed by atoms with Crippen molar-refractivity contribution in [2.24, 2.45) is 23.9 Å². The summed E-state index contributed by atoms with van der Waals surface area (Å²) < 4.78 is 7.63. The molecule has 30 heavy (non-hydrogen) atoms. The van der Waals surface area contributed by atoms with Crippen molar-refractivity contribution in [1.82, 2.24) is 25.0 Å². The second-order valence-electron chi connectivity index (χ2n) is 8.26. The van der Waals surface area contributed by atoms with E-state index in [9.17, 15) is 0 Å². The SMILES string of the molecule is Cc1nnc(CN=C(NC(C)c2ccccc2)N2CCC(C3CCOC3)C2)n1C.I. The van der Waals surface area contributed by atoms with Gasteiger partial charge in [-0.05, 0) is 44.1 Å². The third-order valence-corrected chi connectivity index (χ3v) is 6.35. The van der Waals surface area contributed by atoms with Crippen molar-refractivity contribution >= 4 is 29.9 Å². The Hall–Kier alpha value is -1.68. The molecule has 1 aromatic carbocycles. The average molecular weight is 524 g/mol. The van der Waals surface area contributed by atoms with E-state index in [2.05, 4.69) is 57.7 Å². The van der Waals surface area contributed by atoms with Crippen LogP contribution in [0.3, 0.4) is 0 Å². The zero-order chi connectivity index (χ0) is 20.2. The van der Waals surface area contributed by atoms with Gasteiger partial charge in [-0.25, -0.2) is 4.99 Å². The molecule has 0 radical (unpaired) electrons. The predicted octanol–water partition coefficient (Wildman–Crippen LogP) is 3.31. The molecule has 1 N–H and O–H groups in total. The van der Waals surface area contributed by atoms with Gasteiger partial charge in [-0.2, -0.15) is 0 Å². The van der Waals surface area contributed by atoms with Gasteiger partial charge in [0.1, 0.15) is 12.4 Å². The maximum Gasteiger partial charge on any atom is 0.194 e. The Morgan fingerprint density at radius 2 is 2.03 bits per heavy atom. The summed E-state index contributed by atoms with van der Waals surface area (Å²) in [6.45, 7) is 8.58. The molecule has 2 aromatic rings. The highest BCUT2D eigenvalue weighted by atomic mass is 127. The van der Waals surface area contributed by atoms with E-state index in [-0.39, 0.29) is 30.0 Å². The van der Waals surface area contributed by atoms with Crippen LogP contribution in [0, 0.1) is 18.8 Å². The van der Waals surface area contributed by atoms with Crippen LogP contribution in [0.1, 0.15) is 43.0 Å². The maximum atomic E-state index is 5.63. The number of halogens is 1. The van der Waals surface area contributed by atoms with Crippen LogP contribution in [0.5, 0.6) is 0 Å². The summed E-state index contributed by atoms with van der Waals surface area (Å²) in [5, 5.41) is 12.1. The fourth-order valence-corrected chi connectivity index (χ4v) is 4.28. The maximum absolute atomic E-state index is 5.63. The Morgan fingerprint density at radius 3 is 2.70 bits per heavy atom. The normalized spacial score (nSPS) is 22.8. The predicted molar refractivity (Wildman–Crippen MR) is 129 cm³/mol. The van der Waals surface area contributed by atoms with E-state index >= 15 is 0 Å². The Labute approximate surface area is 196 Å². The van der Waals surface area contributed by atoms with Gasteiger partial charge < -0.3 is 19.5 Å². The van der Waals surface area contributed by atoms with Crippen molar-refractivity contribution < 1.29 is 4.74 Å². The van der Waals surface area contributed by atoms with Crippen LogP contribution in [-0.2, 0) is 18.3 Å². The van der Waals surface area contributed by atoms with E-state index in [1.807, 2.05) is 18.5 Å². The van der Waals surface area contributed by atoms with E-state index in [4.69, 9.17) is 9.73 Å². The van der Waals surface area contributed by atoms with Crippen LogP contribution in [0.4, 0.5) is 0 Å². The Kier molecular flexibility index (Phi) is 8.10. The van der Waals surface area contributed by atoms with Crippen LogP contribution in [0.15, 0.2) is 35.3 Å². The molecule has 0 spiro atoms. The quantitative estimate of drug-likeness (QED) is 0.370. The van der Waals surface area contributed by atoms with Crippen molar-refractivity contribution in [3.63, 3.8) is 0 Å². The fraction of sp³-hybridized carbons (Fsp3) is 0.591. The summed E-state index contributed by atoms with van der Waals surface area (Å²) in [6.07, 6.45) is 2.40. The molecular weight excluding hydrogens is 491 g/mol. The molecule has 0 bridgehead atoms. The number of ether oxygens (including phenoxy) is 1. The van der Waals surface area contributed by atoms with Gasteiger partial charge in [0, 0.05) is 33.4 Å². The lowest BCUT2D eigenvalue weighted by Crippen LogP contribution is -2.41. The first-order valence-electron chi connectivity index (χ1n) is 10.7. The Balaban J connectivity index is 0.00000256. The standard InChI is InChI=1S/C22H32N6O.HI/c1-16(18-7-5-4-6-8-18)24-22(23-13-21-26-25-17(2)27(21)3)28-11-9-19(14-28)20-10-12-29-15-20;/h4-8,16,19-20H,9-15H2,1-3H3,(H,23,24);1H. The molecule has 0 saturated carbocycles. The van der Waals surface area contributed by atoms with Gasteiger partial charge in [0.2, 0.25) is 0 Å². The summed E-state index contributed by atoms with van der Waals surface area (Å²) in [6, 6.07) is 10.7. The zero-order valence-electron chi connectivity index (χ0n) is 18.1. The molecule has 1 aromatic heterocycles. The molecule has 2 fully saturated rings. The molecular formula is C22H33IN6O. The smallest absolute Gasteiger partial charge is 0.194 e. The van der Waals surface area contributed by atoms with Gasteiger partial charge in [0.05, 0.1) is 6.04 Å². The van der Waals surface area contributed by atoms with E-state index in [0.717, 1.165) is 43.9 Å². The van der Waals surface area contributed by atoms with E-state index in [0.29, 0.717) is 18.4 Å². The van der Waals surface area contributed by atoms with Crippen molar-refractivity contribution in [2.75, 3.05) is 26.3 Å². The topological polar surface area (TPSA) is 67.6 Å². The lowest BCUT2D eigenvalue weighted by Gasteiger charge is -2.26. The number of likely N-dealkylation sites (tertiary alicyclic amines) is 1. The van der Waals surface area contributed by atoms with Crippen LogP contribution in [-0.4, -0.2) is 51.9 Å². The molecule has 7 nitrogen and oxygen atoms in total. The summed E-state index contributed by atoms with van der Waals surface area (Å²) in [7, 11) is 1.99. The molecule has 0 amide bonds. The third kappa shape index (κ3) is 5.32. The van der Waals surface area contributed by atoms with Gasteiger partial charge in [0.15, 0.2) is 11.8 Å². The molecule has 164 valence electrons. The summed E-state index contributed by atoms with van der Waals surface area (Å²) >= 11 is 0. The number of aromatic nitrogens is 3. The van der Waals surface area contributed by atoms with Crippen molar-refractivity contribution in [3.05, 3.63) is 47.5 Å². The molecule has 3 atom stereocenters. The highest BCUT2D eigenvalue weighted by molar-refractivity contribution is 14.0. The monoisotopic (exact) mass is 524 g/mol. The van der Waals surface area contributed by atoms with E-state index in [1.54, 1.807) is 0 Å². The third-order valence-electron chi connectivity index (χ3n) is 6.35. The molecule has 2 saturated heterocycles. The minimum absolute atomic E-state index is 0. The number of nitrogens with zero attached hydrogens (tertiary/aromatic N) is 5. The van der Waals surface area contributed by atoms with Crippen LogP contribution < -0.4 is 5.32 Å². The summed E-state index contributed by atoms with van der Waals surface area (Å²) in [5.41, 5.74) is 1.26. The molecule has 3 unspecified atom stereocenters. The van der Waals surface area contributed by atoms with Gasteiger partial charge in [-0.15, -0.1) is 34.2 Å². The van der Waals surface area contributed by atoms with Crippen LogP contribution in [0.2, 0.25) is 0 Å². The molecule has 8 heteroatoms. The second-order valence-corrected chi connectivity index (χ2v) is 8.26. The summed E-state index contributed by atoms with van der Waals surface area (Å²) in [4.78, 5) is 7.36. The first-order valence-corrected chi connectivity index (χ1v) is 10.7. The number of nitrogens with one attached hydrogen (secondary N) is 1.